The van der Waals surface area contributed by atoms with Gasteiger partial charge in [-0.05, 0) is 36.4 Å². The molecule has 2 rings (SSSR count). The Morgan fingerprint density at radius 1 is 0.966 bits per heavy atom. The molecule has 1 unspecified atom stereocenters. The lowest BCUT2D eigenvalue weighted by atomic mass is 10.2. The van der Waals surface area contributed by atoms with Crippen molar-refractivity contribution in [2.75, 3.05) is 46.6 Å². The summed E-state index contributed by atoms with van der Waals surface area (Å²) in [6.45, 7) is 2.37. The van der Waals surface area contributed by atoms with Crippen molar-refractivity contribution in [2.45, 2.75) is 6.10 Å². The molecule has 0 amide bonds. The highest BCUT2D eigenvalue weighted by Crippen LogP contribution is 2.22. The number of rotatable bonds is 13. The number of phenolic OH excluding ortho intramolecular Hbond substituents is 1. The second kappa shape index (κ2) is 12.5. The van der Waals surface area contributed by atoms with Gasteiger partial charge in [0, 0.05) is 26.3 Å². The quantitative estimate of drug-likeness (QED) is 0.434. The van der Waals surface area contributed by atoms with Crippen LogP contribution in [-0.2, 0) is 4.74 Å². The normalized spacial score (nSPS) is 11.5. The highest BCUT2D eigenvalue weighted by Gasteiger charge is 2.06. The van der Waals surface area contributed by atoms with Gasteiger partial charge >= 0.3 is 0 Å². The number of hydrogen-bond acceptors (Lipinski definition) is 8. The van der Waals surface area contributed by atoms with Crippen LogP contribution in [0.3, 0.4) is 0 Å². The Morgan fingerprint density at radius 2 is 1.62 bits per heavy atom. The minimum absolute atomic E-state index is 0.0747. The van der Waals surface area contributed by atoms with Gasteiger partial charge in [-0.25, -0.2) is 0 Å². The van der Waals surface area contributed by atoms with Crippen molar-refractivity contribution < 1.29 is 29.2 Å². The van der Waals surface area contributed by atoms with Gasteiger partial charge < -0.3 is 34.5 Å². The van der Waals surface area contributed by atoms with Crippen molar-refractivity contribution in [2.24, 2.45) is 0 Å². The van der Waals surface area contributed by atoms with Crippen molar-refractivity contribution in [1.29, 1.82) is 5.26 Å². The summed E-state index contributed by atoms with van der Waals surface area (Å²) in [5, 5.41) is 31.4. The Labute approximate surface area is 170 Å². The maximum absolute atomic E-state index is 9.99. The largest absolute Gasteiger partial charge is 0.507 e. The molecule has 0 spiro atoms. The SMILES string of the molecule is COCCOc1ccc(OCC(O)CNCCOc2ccc(O)c(C#N)c2)cc1. The van der Waals surface area contributed by atoms with Gasteiger partial charge in [0.15, 0.2) is 0 Å². The van der Waals surface area contributed by atoms with Crippen molar-refractivity contribution in [3.8, 4) is 29.1 Å². The number of methoxy groups -OCH3 is 1. The predicted octanol–water partition coefficient (Wildman–Crippen LogP) is 1.70. The van der Waals surface area contributed by atoms with E-state index < -0.39 is 6.10 Å². The van der Waals surface area contributed by atoms with E-state index in [4.69, 9.17) is 24.2 Å². The molecule has 0 saturated carbocycles. The van der Waals surface area contributed by atoms with E-state index >= 15 is 0 Å². The lowest BCUT2D eigenvalue weighted by Gasteiger charge is -2.14. The van der Waals surface area contributed by atoms with Gasteiger partial charge in [0.1, 0.15) is 55.0 Å². The number of phenols is 1. The van der Waals surface area contributed by atoms with E-state index in [1.54, 1.807) is 37.4 Å². The minimum atomic E-state index is -0.675. The zero-order valence-corrected chi connectivity index (χ0v) is 16.3. The van der Waals surface area contributed by atoms with E-state index in [0.29, 0.717) is 44.4 Å². The summed E-state index contributed by atoms with van der Waals surface area (Å²) in [7, 11) is 1.62. The molecular weight excluding hydrogens is 376 g/mol. The monoisotopic (exact) mass is 402 g/mol. The average Bonchev–Trinajstić information content (AvgIpc) is 2.74. The predicted molar refractivity (Wildman–Crippen MR) is 107 cm³/mol. The van der Waals surface area contributed by atoms with Gasteiger partial charge in [-0.2, -0.15) is 5.26 Å². The average molecular weight is 402 g/mol. The molecular formula is C21H26N2O6. The fourth-order valence-corrected chi connectivity index (χ4v) is 2.33. The summed E-state index contributed by atoms with van der Waals surface area (Å²) in [5.74, 6) is 1.80. The van der Waals surface area contributed by atoms with E-state index in [1.807, 2.05) is 6.07 Å². The van der Waals surface area contributed by atoms with E-state index in [0.717, 1.165) is 5.75 Å². The third-order valence-corrected chi connectivity index (χ3v) is 3.84. The number of aromatic hydroxyl groups is 1. The van der Waals surface area contributed by atoms with Crippen molar-refractivity contribution >= 4 is 0 Å². The molecule has 0 heterocycles. The van der Waals surface area contributed by atoms with Crippen LogP contribution in [-0.4, -0.2) is 62.9 Å². The summed E-state index contributed by atoms with van der Waals surface area (Å²) in [6.07, 6.45) is -0.675. The fourth-order valence-electron chi connectivity index (χ4n) is 2.33. The molecule has 0 radical (unpaired) electrons. The third-order valence-electron chi connectivity index (χ3n) is 3.84. The van der Waals surface area contributed by atoms with Crippen LogP contribution in [0.1, 0.15) is 5.56 Å². The van der Waals surface area contributed by atoms with Crippen molar-refractivity contribution in [1.82, 2.24) is 5.32 Å². The number of aliphatic hydroxyl groups excluding tert-OH is 1. The van der Waals surface area contributed by atoms with E-state index in [-0.39, 0.29) is 17.9 Å². The summed E-state index contributed by atoms with van der Waals surface area (Å²) < 4.78 is 21.5. The van der Waals surface area contributed by atoms with E-state index in [2.05, 4.69) is 5.32 Å². The molecule has 0 fully saturated rings. The first-order chi connectivity index (χ1) is 14.1. The topological polar surface area (TPSA) is 113 Å². The summed E-state index contributed by atoms with van der Waals surface area (Å²) >= 11 is 0. The van der Waals surface area contributed by atoms with Crippen LogP contribution in [0.4, 0.5) is 0 Å². The van der Waals surface area contributed by atoms with Crippen LogP contribution in [0.2, 0.25) is 0 Å². The highest BCUT2D eigenvalue weighted by atomic mass is 16.5. The fraction of sp³-hybridized carbons (Fsp3) is 0.381. The second-order valence-corrected chi connectivity index (χ2v) is 6.12. The molecule has 0 saturated heterocycles. The first kappa shape index (κ1) is 22.3. The summed E-state index contributed by atoms with van der Waals surface area (Å²) in [6, 6.07) is 13.5. The number of nitrogens with one attached hydrogen (secondary N) is 1. The zero-order valence-electron chi connectivity index (χ0n) is 16.3. The smallest absolute Gasteiger partial charge is 0.133 e. The Bertz CT molecular complexity index is 776. The second-order valence-electron chi connectivity index (χ2n) is 6.12. The Balaban J connectivity index is 1.59. The van der Waals surface area contributed by atoms with Gasteiger partial charge in [0.25, 0.3) is 0 Å². The van der Waals surface area contributed by atoms with Gasteiger partial charge in [-0.1, -0.05) is 0 Å². The maximum Gasteiger partial charge on any atom is 0.133 e. The van der Waals surface area contributed by atoms with Crippen molar-refractivity contribution in [3.63, 3.8) is 0 Å². The number of nitriles is 1. The number of ether oxygens (including phenoxy) is 4. The van der Waals surface area contributed by atoms with Crippen LogP contribution in [0.5, 0.6) is 23.0 Å². The van der Waals surface area contributed by atoms with Gasteiger partial charge in [-0.3, -0.25) is 0 Å². The van der Waals surface area contributed by atoms with Crippen LogP contribution < -0.4 is 19.5 Å². The van der Waals surface area contributed by atoms with Crippen LogP contribution >= 0.6 is 0 Å². The molecule has 29 heavy (non-hydrogen) atoms. The first-order valence-corrected chi connectivity index (χ1v) is 9.21. The molecule has 8 nitrogen and oxygen atoms in total. The Hall–Kier alpha value is -2.99. The van der Waals surface area contributed by atoms with Crippen LogP contribution in [0.15, 0.2) is 42.5 Å². The number of hydrogen-bond donors (Lipinski definition) is 3. The molecule has 156 valence electrons. The lowest BCUT2D eigenvalue weighted by molar-refractivity contribution is 0.105. The number of benzene rings is 2. The third kappa shape index (κ3) is 8.27. The Kier molecular flexibility index (Phi) is 9.59. The summed E-state index contributed by atoms with van der Waals surface area (Å²) in [4.78, 5) is 0. The number of aliphatic hydroxyl groups is 1. The van der Waals surface area contributed by atoms with Crippen LogP contribution in [0.25, 0.3) is 0 Å². The highest BCUT2D eigenvalue weighted by molar-refractivity contribution is 5.46. The first-order valence-electron chi connectivity index (χ1n) is 9.21. The summed E-state index contributed by atoms with van der Waals surface area (Å²) in [5.41, 5.74) is 0.164. The molecule has 0 aliphatic carbocycles. The van der Waals surface area contributed by atoms with Gasteiger partial charge in [0.2, 0.25) is 0 Å². The number of nitrogens with zero attached hydrogens (tertiary/aromatic N) is 1. The molecule has 2 aromatic rings. The molecule has 8 heteroatoms. The molecule has 2 aromatic carbocycles. The van der Waals surface area contributed by atoms with Crippen molar-refractivity contribution in [3.05, 3.63) is 48.0 Å². The molecule has 0 aliphatic heterocycles. The molecule has 1 atom stereocenters. The Morgan fingerprint density at radius 3 is 2.31 bits per heavy atom. The maximum atomic E-state index is 9.99. The van der Waals surface area contributed by atoms with E-state index in [1.165, 1.54) is 12.1 Å². The zero-order chi connectivity index (χ0) is 20.9. The standard InChI is InChI=1S/C21H26N2O6/c1-26-10-11-28-18-2-4-19(5-3-18)29-15-17(24)14-23-8-9-27-20-6-7-21(25)16(12-20)13-22/h2-7,12,17,23-25H,8-11,14-15H2,1H3. The molecule has 0 bridgehead atoms. The molecule has 0 aliphatic rings. The molecule has 3 N–H and O–H groups in total. The minimum Gasteiger partial charge on any atom is -0.507 e. The molecule has 0 aromatic heterocycles. The van der Waals surface area contributed by atoms with Gasteiger partial charge in [-0.15, -0.1) is 0 Å². The van der Waals surface area contributed by atoms with E-state index in [9.17, 15) is 10.2 Å². The lowest BCUT2D eigenvalue weighted by Crippen LogP contribution is -2.33. The van der Waals surface area contributed by atoms with Gasteiger partial charge in [0.05, 0.1) is 12.2 Å². The van der Waals surface area contributed by atoms with Crippen LogP contribution in [0, 0.1) is 11.3 Å².